The second-order valence-electron chi connectivity index (χ2n) is 11.7. The monoisotopic (exact) mass is 607 g/mol. The van der Waals surface area contributed by atoms with E-state index in [4.69, 9.17) is 0 Å². The number of hydrogen-bond donors (Lipinski definition) is 0. The number of hydrogen-bond acceptors (Lipinski definition) is 0. The molecule has 0 bridgehead atoms. The van der Waals surface area contributed by atoms with Crippen LogP contribution in [0.5, 0.6) is 0 Å². The lowest BCUT2D eigenvalue weighted by atomic mass is 9.95. The molecule has 254 valence electrons. The fourth-order valence-electron chi connectivity index (χ4n) is 4.92. The minimum atomic E-state index is 0. The Balaban J connectivity index is -0.000000100. The Bertz CT molecular complexity index is 632. The van der Waals surface area contributed by atoms with Crippen molar-refractivity contribution in [3.63, 3.8) is 0 Å². The minimum Gasteiger partial charge on any atom is -0.0683 e. The fourth-order valence-corrected chi connectivity index (χ4v) is 4.92. The molecule has 0 aromatic heterocycles. The molecule has 4 rings (SSSR count). The van der Waals surface area contributed by atoms with E-state index < -0.39 is 0 Å². The molecule has 2 aliphatic rings. The quantitative estimate of drug-likeness (QED) is 0.304. The van der Waals surface area contributed by atoms with E-state index in [2.05, 4.69) is 104 Å². The van der Waals surface area contributed by atoms with E-state index in [1.165, 1.54) is 62.5 Å². The van der Waals surface area contributed by atoms with Crippen LogP contribution < -0.4 is 0 Å². The van der Waals surface area contributed by atoms with Gasteiger partial charge in [0.05, 0.1) is 0 Å². The van der Waals surface area contributed by atoms with Gasteiger partial charge in [-0.05, 0) is 46.6 Å². The average molecular weight is 607 g/mol. The molecule has 0 saturated heterocycles. The van der Waals surface area contributed by atoms with Crippen molar-refractivity contribution in [2.75, 3.05) is 0 Å². The highest BCUT2D eigenvalue weighted by atomic mass is 14.2. The molecule has 0 spiro atoms. The van der Waals surface area contributed by atoms with Gasteiger partial charge in [0, 0.05) is 16.8 Å². The van der Waals surface area contributed by atoms with Crippen molar-refractivity contribution in [1.82, 2.24) is 0 Å². The molecule has 0 heterocycles. The Morgan fingerprint density at radius 1 is 0.386 bits per heavy atom. The van der Waals surface area contributed by atoms with Crippen molar-refractivity contribution in [1.29, 1.82) is 0 Å². The molecule has 2 aromatic carbocycles. The van der Waals surface area contributed by atoms with E-state index in [-0.39, 0.29) is 16.8 Å². The molecular weight excluding hydrogens is 526 g/mol. The molecule has 2 heteroatoms. The van der Waals surface area contributed by atoms with E-state index in [0.717, 1.165) is 23.7 Å². The van der Waals surface area contributed by atoms with Gasteiger partial charge in [-0.15, -0.1) is 0 Å². The summed E-state index contributed by atoms with van der Waals surface area (Å²) in [7, 11) is 0. The largest absolute Gasteiger partial charge is 0.0683 e. The normalized spacial score (nSPS) is 13.0. The van der Waals surface area contributed by atoms with E-state index in [1.807, 2.05) is 67.5 Å². The first-order valence-corrected chi connectivity index (χ1v) is 18.3. The van der Waals surface area contributed by atoms with Crippen LogP contribution >= 0.6 is 0 Å². The van der Waals surface area contributed by atoms with Gasteiger partial charge in [0.1, 0.15) is 0 Å². The zero-order valence-electron chi connectivity index (χ0n) is 33.0. The second-order valence-corrected chi connectivity index (χ2v) is 11.7. The van der Waals surface area contributed by atoms with Crippen LogP contribution in [0.25, 0.3) is 0 Å². The third kappa shape index (κ3) is 32.0. The summed E-state index contributed by atoms with van der Waals surface area (Å²) in [5.74, 6) is 5.33. The minimum absolute atomic E-state index is 0. The van der Waals surface area contributed by atoms with Crippen molar-refractivity contribution >= 4 is 16.8 Å². The Labute approximate surface area is 285 Å². The van der Waals surface area contributed by atoms with Crippen LogP contribution in [0, 0.1) is 23.7 Å². The number of benzene rings is 2. The summed E-state index contributed by atoms with van der Waals surface area (Å²) in [6.45, 7) is 34.2. The van der Waals surface area contributed by atoms with Crippen LogP contribution in [-0.4, -0.2) is 16.8 Å². The van der Waals surface area contributed by atoms with Gasteiger partial charge in [-0.25, -0.2) is 0 Å². The molecule has 0 aliphatic heterocycles. The molecule has 0 nitrogen and oxygen atoms in total. The van der Waals surface area contributed by atoms with E-state index >= 15 is 0 Å². The second kappa shape index (κ2) is 41.6. The van der Waals surface area contributed by atoms with Crippen LogP contribution in [0.4, 0.5) is 0 Å². The molecule has 2 aliphatic carbocycles. The van der Waals surface area contributed by atoms with E-state index in [9.17, 15) is 0 Å². The highest BCUT2D eigenvalue weighted by Gasteiger charge is 2.18. The predicted octanol–water partition coefficient (Wildman–Crippen LogP) is 14.6. The zero-order chi connectivity index (χ0) is 33.3. The topological polar surface area (TPSA) is 0 Å². The molecule has 6 radical (unpaired) electrons. The summed E-state index contributed by atoms with van der Waals surface area (Å²) in [4.78, 5) is 0. The third-order valence-corrected chi connectivity index (χ3v) is 7.62. The highest BCUT2D eigenvalue weighted by Crippen LogP contribution is 2.31. The van der Waals surface area contributed by atoms with Gasteiger partial charge in [-0.3, -0.25) is 0 Å². The fraction of sp³-hybridized carbons (Fsp3) is 0.714. The van der Waals surface area contributed by atoms with Crippen LogP contribution in [0.3, 0.4) is 0 Å². The molecule has 2 aromatic rings. The molecule has 2 fully saturated rings. The predicted molar refractivity (Wildman–Crippen MR) is 212 cm³/mol. The van der Waals surface area contributed by atoms with Gasteiger partial charge in [-0.1, -0.05) is 223 Å². The summed E-state index contributed by atoms with van der Waals surface area (Å²) < 4.78 is 0. The van der Waals surface area contributed by atoms with E-state index in [1.54, 1.807) is 0 Å². The van der Waals surface area contributed by atoms with E-state index in [0.29, 0.717) is 11.8 Å². The van der Waals surface area contributed by atoms with Gasteiger partial charge in [0.2, 0.25) is 0 Å². The van der Waals surface area contributed by atoms with Gasteiger partial charge in [-0.2, -0.15) is 0 Å². The summed E-state index contributed by atoms with van der Waals surface area (Å²) in [6.07, 6.45) is 11.9. The molecule has 44 heavy (non-hydrogen) atoms. The number of rotatable bonds is 4. The maximum atomic E-state index is 2.34. The smallest absolute Gasteiger partial charge is 0 e. The van der Waals surface area contributed by atoms with Crippen molar-refractivity contribution in [2.45, 2.75) is 174 Å². The van der Waals surface area contributed by atoms with Crippen molar-refractivity contribution in [3.8, 4) is 0 Å². The van der Waals surface area contributed by atoms with Crippen molar-refractivity contribution in [2.24, 2.45) is 23.7 Å². The Morgan fingerprint density at radius 2 is 0.591 bits per heavy atom. The Hall–Kier alpha value is -1.43. The first-order chi connectivity index (χ1) is 20.2. The third-order valence-electron chi connectivity index (χ3n) is 7.62. The Morgan fingerprint density at radius 3 is 0.705 bits per heavy atom. The standard InChI is InChI=1S/2C9H12.2C8H16.4C2H6.2B/c2*1-8(2)9-6-4-3-5-7-9;2*1-7(2)8-5-3-4-6-8;4*1-2;;/h2*3-8H,1-2H3;2*7-8H,3-6H2,1-2H3;4*1-2H3;;. The summed E-state index contributed by atoms with van der Waals surface area (Å²) in [5, 5.41) is 0. The molecule has 0 amide bonds. The molecular formula is C42H80B2. The Kier molecular flexibility index (Phi) is 52.0. The highest BCUT2D eigenvalue weighted by molar-refractivity contribution is 5.76. The zero-order valence-corrected chi connectivity index (χ0v) is 33.0. The lowest BCUT2D eigenvalue weighted by Gasteiger charge is -2.11. The lowest BCUT2D eigenvalue weighted by molar-refractivity contribution is 0.396. The van der Waals surface area contributed by atoms with Gasteiger partial charge in [0.15, 0.2) is 0 Å². The first kappa shape index (κ1) is 55.0. The lowest BCUT2D eigenvalue weighted by Crippen LogP contribution is -2.01. The van der Waals surface area contributed by atoms with Crippen molar-refractivity contribution < 1.29 is 0 Å². The average Bonchev–Trinajstić information content (AvgIpc) is 3.79. The summed E-state index contributed by atoms with van der Waals surface area (Å²) in [5.41, 5.74) is 2.83. The summed E-state index contributed by atoms with van der Waals surface area (Å²) in [6, 6.07) is 21.0. The van der Waals surface area contributed by atoms with Crippen LogP contribution in [0.15, 0.2) is 60.7 Å². The first-order valence-electron chi connectivity index (χ1n) is 18.3. The maximum absolute atomic E-state index is 2.34. The molecule has 0 atom stereocenters. The van der Waals surface area contributed by atoms with Gasteiger partial charge < -0.3 is 0 Å². The maximum Gasteiger partial charge on any atom is 0 e. The van der Waals surface area contributed by atoms with Gasteiger partial charge >= 0.3 is 0 Å². The van der Waals surface area contributed by atoms with Gasteiger partial charge in [0.25, 0.3) is 0 Å². The van der Waals surface area contributed by atoms with Crippen LogP contribution in [0.2, 0.25) is 0 Å². The molecule has 2 saturated carbocycles. The SMILES string of the molecule is CC.CC.CC.CC.CC(C)C1CCCC1.CC(C)C1CCCC1.CC(C)c1ccccc1.CC(C)c1ccccc1.[B].[B]. The molecule has 0 unspecified atom stereocenters. The molecule has 0 N–H and O–H groups in total. The van der Waals surface area contributed by atoms with Crippen molar-refractivity contribution in [3.05, 3.63) is 71.8 Å². The summed E-state index contributed by atoms with van der Waals surface area (Å²) >= 11 is 0. The van der Waals surface area contributed by atoms with Crippen LogP contribution in [-0.2, 0) is 0 Å². The van der Waals surface area contributed by atoms with Crippen LogP contribution in [0.1, 0.15) is 185 Å².